The molecule has 5 nitrogen and oxygen atoms in total. The molecular formula is C12H16N2O3S. The van der Waals surface area contributed by atoms with Crippen molar-refractivity contribution in [1.29, 1.82) is 0 Å². The molecule has 1 fully saturated rings. The van der Waals surface area contributed by atoms with E-state index in [1.807, 2.05) is 12.3 Å². The largest absolute Gasteiger partial charge is 0.495 e. The summed E-state index contributed by atoms with van der Waals surface area (Å²) in [7, 11) is 1.54. The molecule has 0 aliphatic carbocycles. The number of rotatable bonds is 3. The molecule has 0 aromatic carbocycles. The molecular weight excluding hydrogens is 252 g/mol. The Bertz CT molecular complexity index is 458. The molecule has 0 radical (unpaired) electrons. The number of hydrogen-bond acceptors (Lipinski definition) is 4. The normalized spacial score (nSPS) is 19.6. The number of thiophene rings is 1. The number of nitrogens with zero attached hydrogens (tertiary/aromatic N) is 1. The molecule has 0 saturated carbocycles. The van der Waals surface area contributed by atoms with Crippen LogP contribution in [0, 0.1) is 0 Å². The maximum Gasteiger partial charge on any atom is 0.268 e. The van der Waals surface area contributed by atoms with Gasteiger partial charge in [-0.25, -0.2) is 0 Å². The first-order valence-corrected chi connectivity index (χ1v) is 6.77. The molecule has 1 aliphatic rings. The highest BCUT2D eigenvalue weighted by Crippen LogP contribution is 2.27. The molecule has 1 aromatic rings. The van der Waals surface area contributed by atoms with Gasteiger partial charge in [-0.2, -0.15) is 0 Å². The van der Waals surface area contributed by atoms with Gasteiger partial charge in [-0.3, -0.25) is 9.59 Å². The van der Waals surface area contributed by atoms with E-state index in [2.05, 4.69) is 5.32 Å². The number of carbonyl (C=O) groups excluding carboxylic acids is 2. The summed E-state index contributed by atoms with van der Waals surface area (Å²) in [5.41, 5.74) is 0. The van der Waals surface area contributed by atoms with Crippen molar-refractivity contribution in [3.8, 4) is 5.75 Å². The third-order valence-corrected chi connectivity index (χ3v) is 3.91. The van der Waals surface area contributed by atoms with Gasteiger partial charge in [-0.05, 0) is 17.9 Å². The van der Waals surface area contributed by atoms with Crippen LogP contribution in [0.2, 0.25) is 0 Å². The lowest BCUT2D eigenvalue weighted by molar-refractivity contribution is -0.127. The molecule has 6 heteroatoms. The van der Waals surface area contributed by atoms with Crippen LogP contribution < -0.4 is 10.1 Å². The lowest BCUT2D eigenvalue weighted by Crippen LogP contribution is -2.56. The van der Waals surface area contributed by atoms with Crippen LogP contribution in [-0.4, -0.2) is 43.0 Å². The van der Waals surface area contributed by atoms with Crippen LogP contribution in [0.3, 0.4) is 0 Å². The second kappa shape index (κ2) is 5.39. The summed E-state index contributed by atoms with van der Waals surface area (Å²) in [6.07, 6.45) is 0.616. The van der Waals surface area contributed by atoms with Gasteiger partial charge >= 0.3 is 0 Å². The van der Waals surface area contributed by atoms with Crippen LogP contribution in [0.25, 0.3) is 0 Å². The molecule has 98 valence electrons. The third kappa shape index (κ3) is 2.20. The van der Waals surface area contributed by atoms with Gasteiger partial charge in [0.05, 0.1) is 7.11 Å². The highest BCUT2D eigenvalue weighted by atomic mass is 32.1. The Morgan fingerprint density at radius 3 is 3.11 bits per heavy atom. The molecule has 18 heavy (non-hydrogen) atoms. The van der Waals surface area contributed by atoms with E-state index < -0.39 is 0 Å². The number of hydrogen-bond donors (Lipinski definition) is 1. The Morgan fingerprint density at radius 1 is 1.67 bits per heavy atom. The van der Waals surface area contributed by atoms with Gasteiger partial charge in [0.1, 0.15) is 16.7 Å². The number of ether oxygens (including phenoxy) is 1. The smallest absolute Gasteiger partial charge is 0.268 e. The zero-order valence-corrected chi connectivity index (χ0v) is 11.3. The lowest BCUT2D eigenvalue weighted by atomic mass is 10.1. The third-order valence-electron chi connectivity index (χ3n) is 3.02. The SMILES string of the molecule is CCC1C(=O)NCCN1C(=O)c1sccc1OC. The summed E-state index contributed by atoms with van der Waals surface area (Å²) < 4.78 is 5.16. The van der Waals surface area contributed by atoms with E-state index >= 15 is 0 Å². The zero-order chi connectivity index (χ0) is 13.1. The van der Waals surface area contributed by atoms with Crippen molar-refractivity contribution < 1.29 is 14.3 Å². The fourth-order valence-electron chi connectivity index (χ4n) is 2.11. The van der Waals surface area contributed by atoms with Crippen molar-refractivity contribution >= 4 is 23.2 Å². The Kier molecular flexibility index (Phi) is 3.86. The van der Waals surface area contributed by atoms with Gasteiger partial charge < -0.3 is 15.0 Å². The minimum atomic E-state index is -0.377. The van der Waals surface area contributed by atoms with Crippen LogP contribution >= 0.6 is 11.3 Å². The molecule has 1 N–H and O–H groups in total. The van der Waals surface area contributed by atoms with Crippen molar-refractivity contribution in [1.82, 2.24) is 10.2 Å². The van der Waals surface area contributed by atoms with Crippen molar-refractivity contribution in [2.75, 3.05) is 20.2 Å². The Morgan fingerprint density at radius 2 is 2.44 bits per heavy atom. The molecule has 1 aliphatic heterocycles. The van der Waals surface area contributed by atoms with Crippen LogP contribution in [-0.2, 0) is 4.79 Å². The van der Waals surface area contributed by atoms with Crippen LogP contribution in [0.15, 0.2) is 11.4 Å². The first-order chi connectivity index (χ1) is 8.69. The Labute approximate surface area is 110 Å². The van der Waals surface area contributed by atoms with E-state index in [-0.39, 0.29) is 17.9 Å². The monoisotopic (exact) mass is 268 g/mol. The van der Waals surface area contributed by atoms with Gasteiger partial charge in [0, 0.05) is 13.1 Å². The summed E-state index contributed by atoms with van der Waals surface area (Å²) >= 11 is 1.34. The van der Waals surface area contributed by atoms with Gasteiger partial charge in [0.15, 0.2) is 0 Å². The summed E-state index contributed by atoms with van der Waals surface area (Å²) in [4.78, 5) is 26.4. The van der Waals surface area contributed by atoms with Crippen molar-refractivity contribution in [2.24, 2.45) is 0 Å². The average Bonchev–Trinajstić information content (AvgIpc) is 2.85. The van der Waals surface area contributed by atoms with E-state index in [0.717, 1.165) is 0 Å². The zero-order valence-electron chi connectivity index (χ0n) is 10.4. The van der Waals surface area contributed by atoms with Crippen molar-refractivity contribution in [2.45, 2.75) is 19.4 Å². The minimum absolute atomic E-state index is 0.0763. The van der Waals surface area contributed by atoms with Crippen LogP contribution in [0.4, 0.5) is 0 Å². The van der Waals surface area contributed by atoms with Crippen LogP contribution in [0.5, 0.6) is 5.75 Å². The fraction of sp³-hybridized carbons (Fsp3) is 0.500. The number of methoxy groups -OCH3 is 1. The first-order valence-electron chi connectivity index (χ1n) is 5.89. The van der Waals surface area contributed by atoms with Gasteiger partial charge in [0.2, 0.25) is 5.91 Å². The second-order valence-electron chi connectivity index (χ2n) is 4.03. The van der Waals surface area contributed by atoms with E-state index in [4.69, 9.17) is 4.74 Å². The summed E-state index contributed by atoms with van der Waals surface area (Å²) in [5.74, 6) is 0.377. The summed E-state index contributed by atoms with van der Waals surface area (Å²) in [6.45, 7) is 2.96. The summed E-state index contributed by atoms with van der Waals surface area (Å²) in [5, 5.41) is 4.60. The maximum absolute atomic E-state index is 12.4. The number of nitrogens with one attached hydrogen (secondary N) is 1. The molecule has 0 bridgehead atoms. The molecule has 2 amide bonds. The lowest BCUT2D eigenvalue weighted by Gasteiger charge is -2.34. The Hall–Kier alpha value is -1.56. The Balaban J connectivity index is 2.24. The van der Waals surface area contributed by atoms with Crippen molar-refractivity contribution in [3.63, 3.8) is 0 Å². The molecule has 1 aromatic heterocycles. The van der Waals surface area contributed by atoms with Gasteiger partial charge in [-0.1, -0.05) is 6.92 Å². The van der Waals surface area contributed by atoms with Gasteiger partial charge in [-0.15, -0.1) is 11.3 Å². The maximum atomic E-state index is 12.4. The standard InChI is InChI=1S/C12H16N2O3S/c1-3-8-11(15)13-5-6-14(8)12(16)10-9(17-2)4-7-18-10/h4,7-8H,3,5-6H2,1-2H3,(H,13,15). The van der Waals surface area contributed by atoms with Crippen molar-refractivity contribution in [3.05, 3.63) is 16.3 Å². The molecule has 0 spiro atoms. The predicted octanol–water partition coefficient (Wildman–Crippen LogP) is 1.11. The second-order valence-corrected chi connectivity index (χ2v) is 4.95. The molecule has 2 rings (SSSR count). The number of amides is 2. The van der Waals surface area contributed by atoms with E-state index in [1.54, 1.807) is 18.1 Å². The highest BCUT2D eigenvalue weighted by Gasteiger charge is 2.33. The fourth-order valence-corrected chi connectivity index (χ4v) is 2.92. The number of piperazine rings is 1. The quantitative estimate of drug-likeness (QED) is 0.893. The first kappa shape index (κ1) is 12.9. The topological polar surface area (TPSA) is 58.6 Å². The number of carbonyl (C=O) groups is 2. The van der Waals surface area contributed by atoms with Crippen LogP contribution in [0.1, 0.15) is 23.0 Å². The highest BCUT2D eigenvalue weighted by molar-refractivity contribution is 7.12. The predicted molar refractivity (Wildman–Crippen MR) is 69.0 cm³/mol. The minimum Gasteiger partial charge on any atom is -0.495 e. The van der Waals surface area contributed by atoms with E-state index in [1.165, 1.54) is 11.3 Å². The molecule has 1 saturated heterocycles. The molecule has 2 heterocycles. The summed E-state index contributed by atoms with van der Waals surface area (Å²) in [6, 6.07) is 1.39. The average molecular weight is 268 g/mol. The van der Waals surface area contributed by atoms with E-state index in [0.29, 0.717) is 30.1 Å². The molecule has 1 atom stereocenters. The van der Waals surface area contributed by atoms with E-state index in [9.17, 15) is 9.59 Å². The molecule has 1 unspecified atom stereocenters. The van der Waals surface area contributed by atoms with Gasteiger partial charge in [0.25, 0.3) is 5.91 Å².